The van der Waals surface area contributed by atoms with Crippen LogP contribution in [0.1, 0.15) is 37.0 Å². The fourth-order valence-electron chi connectivity index (χ4n) is 3.54. The maximum absolute atomic E-state index is 13.5. The number of likely N-dealkylation sites (N-methyl/N-ethyl adjacent to an activating group) is 1. The summed E-state index contributed by atoms with van der Waals surface area (Å²) in [6.07, 6.45) is 1.49. The molecule has 174 valence electrons. The van der Waals surface area contributed by atoms with Crippen LogP contribution in [-0.2, 0) is 26.2 Å². The van der Waals surface area contributed by atoms with Gasteiger partial charge < -0.3 is 10.2 Å². The highest BCUT2D eigenvalue weighted by atomic mass is 32.2. The second kappa shape index (κ2) is 11.1. The molecule has 32 heavy (non-hydrogen) atoms. The van der Waals surface area contributed by atoms with E-state index in [0.29, 0.717) is 18.7 Å². The SMILES string of the molecule is CCNC(=O)C(CC)N(Cc1cccc(C)c1)C(=O)CN(c1ccc(C)cc1)S(C)(=O)=O. The van der Waals surface area contributed by atoms with E-state index in [-0.39, 0.29) is 19.0 Å². The van der Waals surface area contributed by atoms with Crippen LogP contribution >= 0.6 is 0 Å². The minimum Gasteiger partial charge on any atom is -0.355 e. The molecule has 2 rings (SSSR count). The number of carbonyl (C=O) groups is 2. The van der Waals surface area contributed by atoms with Gasteiger partial charge in [0.15, 0.2) is 0 Å². The zero-order valence-electron chi connectivity index (χ0n) is 19.5. The van der Waals surface area contributed by atoms with E-state index in [0.717, 1.165) is 27.3 Å². The topological polar surface area (TPSA) is 86.8 Å². The highest BCUT2D eigenvalue weighted by Gasteiger charge is 2.31. The Morgan fingerprint density at radius 2 is 1.66 bits per heavy atom. The lowest BCUT2D eigenvalue weighted by molar-refractivity contribution is -0.140. The van der Waals surface area contributed by atoms with E-state index in [4.69, 9.17) is 0 Å². The molecule has 2 aromatic carbocycles. The molecular weight excluding hydrogens is 426 g/mol. The summed E-state index contributed by atoms with van der Waals surface area (Å²) < 4.78 is 26.1. The molecular formula is C24H33N3O4S. The highest BCUT2D eigenvalue weighted by Crippen LogP contribution is 2.20. The van der Waals surface area contributed by atoms with Crippen LogP contribution in [0, 0.1) is 13.8 Å². The summed E-state index contributed by atoms with van der Waals surface area (Å²) in [5, 5.41) is 2.79. The monoisotopic (exact) mass is 459 g/mol. The number of hydrogen-bond donors (Lipinski definition) is 1. The van der Waals surface area contributed by atoms with Crippen LogP contribution in [0.15, 0.2) is 48.5 Å². The predicted octanol–water partition coefficient (Wildman–Crippen LogP) is 3.01. The van der Waals surface area contributed by atoms with Crippen LogP contribution in [0.4, 0.5) is 5.69 Å². The molecule has 0 fully saturated rings. The number of aryl methyl sites for hydroxylation is 2. The molecule has 0 heterocycles. The zero-order valence-corrected chi connectivity index (χ0v) is 20.3. The smallest absolute Gasteiger partial charge is 0.244 e. The van der Waals surface area contributed by atoms with E-state index < -0.39 is 22.0 Å². The van der Waals surface area contributed by atoms with E-state index in [1.54, 1.807) is 24.3 Å². The maximum Gasteiger partial charge on any atom is 0.244 e. The van der Waals surface area contributed by atoms with E-state index in [1.807, 2.05) is 52.0 Å². The van der Waals surface area contributed by atoms with Crippen molar-refractivity contribution >= 4 is 27.5 Å². The van der Waals surface area contributed by atoms with Crippen molar-refractivity contribution in [3.8, 4) is 0 Å². The van der Waals surface area contributed by atoms with Gasteiger partial charge in [-0.05, 0) is 44.9 Å². The van der Waals surface area contributed by atoms with Gasteiger partial charge in [0.2, 0.25) is 21.8 Å². The summed E-state index contributed by atoms with van der Waals surface area (Å²) in [6.45, 7) is 7.79. The minimum atomic E-state index is -3.72. The average molecular weight is 460 g/mol. The van der Waals surface area contributed by atoms with Crippen LogP contribution in [0.25, 0.3) is 0 Å². The van der Waals surface area contributed by atoms with Crippen LogP contribution in [-0.4, -0.2) is 50.5 Å². The molecule has 0 saturated carbocycles. The Morgan fingerprint density at radius 3 is 2.19 bits per heavy atom. The fraction of sp³-hybridized carbons (Fsp3) is 0.417. The van der Waals surface area contributed by atoms with Gasteiger partial charge in [0.25, 0.3) is 0 Å². The molecule has 0 saturated heterocycles. The summed E-state index contributed by atoms with van der Waals surface area (Å²) in [5.74, 6) is -0.687. The van der Waals surface area contributed by atoms with Gasteiger partial charge in [0.05, 0.1) is 11.9 Å². The number of nitrogens with zero attached hydrogens (tertiary/aromatic N) is 2. The lowest BCUT2D eigenvalue weighted by Crippen LogP contribution is -2.52. The molecule has 0 aliphatic carbocycles. The Morgan fingerprint density at radius 1 is 1.00 bits per heavy atom. The number of sulfonamides is 1. The highest BCUT2D eigenvalue weighted by molar-refractivity contribution is 7.92. The Labute approximate surface area is 191 Å². The number of hydrogen-bond acceptors (Lipinski definition) is 4. The molecule has 0 radical (unpaired) electrons. The van der Waals surface area contributed by atoms with Gasteiger partial charge in [0, 0.05) is 13.1 Å². The molecule has 2 amide bonds. The van der Waals surface area contributed by atoms with Gasteiger partial charge in [-0.1, -0.05) is 54.4 Å². The number of amides is 2. The molecule has 8 heteroatoms. The summed E-state index contributed by atoms with van der Waals surface area (Å²) >= 11 is 0. The average Bonchev–Trinajstić information content (AvgIpc) is 2.72. The number of nitrogens with one attached hydrogen (secondary N) is 1. The summed E-state index contributed by atoms with van der Waals surface area (Å²) in [4.78, 5) is 27.7. The molecule has 1 atom stereocenters. The molecule has 0 aliphatic heterocycles. The zero-order chi connectivity index (χ0) is 23.9. The lowest BCUT2D eigenvalue weighted by atomic mass is 10.1. The third kappa shape index (κ3) is 6.82. The van der Waals surface area contributed by atoms with Crippen molar-refractivity contribution in [1.82, 2.24) is 10.2 Å². The summed E-state index contributed by atoms with van der Waals surface area (Å²) in [7, 11) is -3.72. The van der Waals surface area contributed by atoms with Gasteiger partial charge >= 0.3 is 0 Å². The number of benzene rings is 2. The van der Waals surface area contributed by atoms with Gasteiger partial charge in [-0.25, -0.2) is 8.42 Å². The third-order valence-electron chi connectivity index (χ3n) is 5.17. The summed E-state index contributed by atoms with van der Waals surface area (Å²) in [5.41, 5.74) is 3.31. The van der Waals surface area contributed by atoms with Crippen molar-refractivity contribution in [2.45, 2.75) is 46.7 Å². The van der Waals surface area contributed by atoms with E-state index in [2.05, 4.69) is 5.32 Å². The largest absolute Gasteiger partial charge is 0.355 e. The molecule has 1 N–H and O–H groups in total. The van der Waals surface area contributed by atoms with Crippen LogP contribution in [0.3, 0.4) is 0 Å². The molecule has 2 aromatic rings. The standard InChI is InChI=1S/C24H33N3O4S/c1-6-22(24(29)25-7-2)26(16-20-10-8-9-19(4)15-20)23(28)17-27(32(5,30)31)21-13-11-18(3)12-14-21/h8-15,22H,6-7,16-17H2,1-5H3,(H,25,29). The Hall–Kier alpha value is -2.87. The second-order valence-corrected chi connectivity index (χ2v) is 9.84. The van der Waals surface area contributed by atoms with Crippen molar-refractivity contribution < 1.29 is 18.0 Å². The third-order valence-corrected chi connectivity index (χ3v) is 6.31. The normalized spacial score (nSPS) is 12.2. The number of anilines is 1. The Bertz CT molecular complexity index is 1040. The lowest BCUT2D eigenvalue weighted by Gasteiger charge is -2.32. The first kappa shape index (κ1) is 25.4. The van der Waals surface area contributed by atoms with Gasteiger partial charge in [0.1, 0.15) is 12.6 Å². The van der Waals surface area contributed by atoms with Crippen molar-refractivity contribution in [1.29, 1.82) is 0 Å². The minimum absolute atomic E-state index is 0.210. The van der Waals surface area contributed by atoms with Gasteiger partial charge in [-0.15, -0.1) is 0 Å². The van der Waals surface area contributed by atoms with E-state index in [9.17, 15) is 18.0 Å². The van der Waals surface area contributed by atoms with Crippen molar-refractivity contribution in [3.05, 3.63) is 65.2 Å². The van der Waals surface area contributed by atoms with Crippen LogP contribution in [0.5, 0.6) is 0 Å². The molecule has 0 aromatic heterocycles. The molecule has 0 bridgehead atoms. The predicted molar refractivity (Wildman–Crippen MR) is 128 cm³/mol. The summed E-state index contributed by atoms with van der Waals surface area (Å²) in [6, 6.07) is 14.0. The quantitative estimate of drug-likeness (QED) is 0.592. The van der Waals surface area contributed by atoms with E-state index in [1.165, 1.54) is 4.90 Å². The van der Waals surface area contributed by atoms with Crippen molar-refractivity contribution in [3.63, 3.8) is 0 Å². The number of carbonyl (C=O) groups excluding carboxylic acids is 2. The Balaban J connectivity index is 2.42. The maximum atomic E-state index is 13.5. The first-order valence-electron chi connectivity index (χ1n) is 10.7. The van der Waals surface area contributed by atoms with Gasteiger partial charge in [-0.2, -0.15) is 0 Å². The van der Waals surface area contributed by atoms with Crippen molar-refractivity contribution in [2.24, 2.45) is 0 Å². The van der Waals surface area contributed by atoms with Gasteiger partial charge in [-0.3, -0.25) is 13.9 Å². The molecule has 0 aliphatic rings. The Kier molecular flexibility index (Phi) is 8.83. The van der Waals surface area contributed by atoms with Crippen LogP contribution < -0.4 is 9.62 Å². The number of rotatable bonds is 10. The second-order valence-electron chi connectivity index (χ2n) is 7.93. The molecule has 1 unspecified atom stereocenters. The molecule has 7 nitrogen and oxygen atoms in total. The van der Waals surface area contributed by atoms with E-state index >= 15 is 0 Å². The van der Waals surface area contributed by atoms with Crippen molar-refractivity contribution in [2.75, 3.05) is 23.7 Å². The first-order valence-corrected chi connectivity index (χ1v) is 12.6. The fourth-order valence-corrected chi connectivity index (χ4v) is 4.39. The van der Waals surface area contributed by atoms with Crippen LogP contribution in [0.2, 0.25) is 0 Å². The first-order chi connectivity index (χ1) is 15.1. The molecule has 0 spiro atoms.